The molecule has 5 rings (SSSR count). The van der Waals surface area contributed by atoms with E-state index >= 15 is 0 Å². The Hall–Kier alpha value is -2.93. The van der Waals surface area contributed by atoms with Gasteiger partial charge in [0.1, 0.15) is 5.52 Å². The first-order valence-electron chi connectivity index (χ1n) is 9.53. The Balaban J connectivity index is 1.35. The number of fused-ring (bicyclic) bond motifs is 1. The Morgan fingerprint density at radius 3 is 2.59 bits per heavy atom. The molecule has 1 saturated carbocycles. The molecule has 1 amide bonds. The van der Waals surface area contributed by atoms with Crippen molar-refractivity contribution in [2.75, 3.05) is 5.32 Å². The van der Waals surface area contributed by atoms with Crippen LogP contribution in [0, 0.1) is 13.8 Å². The molecular formula is C22H19BrN4O2. The van der Waals surface area contributed by atoms with E-state index in [1.165, 1.54) is 0 Å². The van der Waals surface area contributed by atoms with Gasteiger partial charge in [-0.3, -0.25) is 4.79 Å². The molecule has 146 valence electrons. The molecule has 2 heterocycles. The molecule has 4 aromatic rings. The van der Waals surface area contributed by atoms with Crippen molar-refractivity contribution < 1.29 is 9.21 Å². The number of benzene rings is 2. The van der Waals surface area contributed by atoms with Crippen molar-refractivity contribution in [3.8, 4) is 5.69 Å². The van der Waals surface area contributed by atoms with Crippen molar-refractivity contribution >= 4 is 38.6 Å². The lowest BCUT2D eigenvalue weighted by Gasteiger charge is -2.07. The zero-order valence-electron chi connectivity index (χ0n) is 16.1. The topological polar surface area (TPSA) is 73.0 Å². The van der Waals surface area contributed by atoms with E-state index in [0.717, 1.165) is 51.4 Å². The van der Waals surface area contributed by atoms with E-state index in [1.54, 1.807) is 12.1 Å². The van der Waals surface area contributed by atoms with Crippen LogP contribution in [0.25, 0.3) is 16.8 Å². The third kappa shape index (κ3) is 3.35. The van der Waals surface area contributed by atoms with Crippen LogP contribution in [0.1, 0.15) is 46.4 Å². The number of nitrogens with zero attached hydrogens (tertiary/aromatic N) is 3. The minimum absolute atomic E-state index is 0.170. The van der Waals surface area contributed by atoms with Gasteiger partial charge in [0.2, 0.25) is 0 Å². The third-order valence-corrected chi connectivity index (χ3v) is 6.31. The summed E-state index contributed by atoms with van der Waals surface area (Å²) in [5, 5.41) is 7.46. The largest absolute Gasteiger partial charge is 0.440 e. The molecule has 0 aliphatic heterocycles. The van der Waals surface area contributed by atoms with Crippen LogP contribution in [0.4, 0.5) is 5.69 Å². The molecule has 2 aromatic heterocycles. The number of oxazole rings is 1. The molecule has 1 fully saturated rings. The average molecular weight is 451 g/mol. The predicted octanol–water partition coefficient (Wildman–Crippen LogP) is 5.52. The fourth-order valence-corrected chi connectivity index (χ4v) is 3.61. The van der Waals surface area contributed by atoms with E-state index in [1.807, 2.05) is 48.9 Å². The summed E-state index contributed by atoms with van der Waals surface area (Å²) < 4.78 is 8.63. The van der Waals surface area contributed by atoms with E-state index < -0.39 is 0 Å². The lowest BCUT2D eigenvalue weighted by Crippen LogP contribution is -2.12. The number of anilines is 1. The second-order valence-electron chi connectivity index (χ2n) is 7.41. The summed E-state index contributed by atoms with van der Waals surface area (Å²) in [6.07, 6.45) is 2.28. The van der Waals surface area contributed by atoms with Gasteiger partial charge in [-0.25, -0.2) is 9.67 Å². The number of rotatable bonds is 4. The molecule has 0 spiro atoms. The number of carbonyl (C=O) groups excluding carboxylic acids is 1. The number of aromatic nitrogens is 3. The van der Waals surface area contributed by atoms with Crippen LogP contribution in [0.2, 0.25) is 0 Å². The normalized spacial score (nSPS) is 13.8. The van der Waals surface area contributed by atoms with Crippen molar-refractivity contribution in [2.45, 2.75) is 32.6 Å². The van der Waals surface area contributed by atoms with Crippen LogP contribution in [-0.2, 0) is 0 Å². The first-order valence-corrected chi connectivity index (χ1v) is 10.3. The highest BCUT2D eigenvalue weighted by Gasteiger charge is 2.28. The summed E-state index contributed by atoms with van der Waals surface area (Å²) in [7, 11) is 0. The van der Waals surface area contributed by atoms with Gasteiger partial charge in [-0.15, -0.1) is 0 Å². The van der Waals surface area contributed by atoms with Gasteiger partial charge < -0.3 is 9.73 Å². The van der Waals surface area contributed by atoms with Crippen LogP contribution in [-0.4, -0.2) is 20.7 Å². The maximum atomic E-state index is 12.7. The summed E-state index contributed by atoms with van der Waals surface area (Å²) in [5.41, 5.74) is 5.66. The number of hydrogen-bond donors (Lipinski definition) is 1. The Kier molecular flexibility index (Phi) is 4.28. The van der Waals surface area contributed by atoms with Crippen LogP contribution < -0.4 is 5.32 Å². The van der Waals surface area contributed by atoms with Gasteiger partial charge in [-0.1, -0.05) is 0 Å². The number of halogens is 1. The molecule has 1 aliphatic carbocycles. The molecule has 7 heteroatoms. The Morgan fingerprint density at radius 2 is 1.93 bits per heavy atom. The summed E-state index contributed by atoms with van der Waals surface area (Å²) in [6, 6.07) is 12.9. The number of amides is 1. The number of nitrogens with one attached hydrogen (secondary N) is 1. The lowest BCUT2D eigenvalue weighted by molar-refractivity contribution is 0.102. The molecule has 0 atom stereocenters. The zero-order chi connectivity index (χ0) is 20.1. The minimum atomic E-state index is -0.170. The van der Waals surface area contributed by atoms with Crippen LogP contribution in [0.15, 0.2) is 51.4 Å². The van der Waals surface area contributed by atoms with Gasteiger partial charge >= 0.3 is 0 Å². The van der Waals surface area contributed by atoms with Crippen molar-refractivity contribution in [3.63, 3.8) is 0 Å². The van der Waals surface area contributed by atoms with Gasteiger partial charge in [0, 0.05) is 17.2 Å². The van der Waals surface area contributed by atoms with Gasteiger partial charge in [-0.05, 0) is 85.1 Å². The highest BCUT2D eigenvalue weighted by Crippen LogP contribution is 2.40. The number of hydrogen-bond acceptors (Lipinski definition) is 4. The summed E-state index contributed by atoms with van der Waals surface area (Å²) in [4.78, 5) is 17.2. The number of aryl methyl sites for hydroxylation is 1. The van der Waals surface area contributed by atoms with Gasteiger partial charge in [-0.2, -0.15) is 5.10 Å². The van der Waals surface area contributed by atoms with Crippen molar-refractivity contribution in [1.82, 2.24) is 14.8 Å². The molecule has 6 nitrogen and oxygen atoms in total. The number of carbonyl (C=O) groups is 1. The quantitative estimate of drug-likeness (QED) is 0.443. The second-order valence-corrected chi connectivity index (χ2v) is 8.20. The first-order chi connectivity index (χ1) is 14.0. The van der Waals surface area contributed by atoms with Gasteiger partial charge in [0.15, 0.2) is 11.5 Å². The van der Waals surface area contributed by atoms with E-state index in [4.69, 9.17) is 4.42 Å². The van der Waals surface area contributed by atoms with E-state index in [0.29, 0.717) is 17.2 Å². The average Bonchev–Trinajstić information content (AvgIpc) is 3.44. The molecule has 0 unspecified atom stereocenters. The molecule has 0 radical (unpaired) electrons. The van der Waals surface area contributed by atoms with Crippen LogP contribution in [0.3, 0.4) is 0 Å². The molecule has 2 aromatic carbocycles. The third-order valence-electron chi connectivity index (χ3n) is 5.17. The smallest absolute Gasteiger partial charge is 0.255 e. The van der Waals surface area contributed by atoms with Crippen LogP contribution >= 0.6 is 15.9 Å². The Labute approximate surface area is 176 Å². The predicted molar refractivity (Wildman–Crippen MR) is 115 cm³/mol. The first kappa shape index (κ1) is 18.1. The lowest BCUT2D eigenvalue weighted by atomic mass is 10.2. The van der Waals surface area contributed by atoms with E-state index in [2.05, 4.69) is 31.3 Å². The van der Waals surface area contributed by atoms with Crippen molar-refractivity contribution in [1.29, 1.82) is 0 Å². The summed E-state index contributed by atoms with van der Waals surface area (Å²) in [5.74, 6) is 1.09. The maximum absolute atomic E-state index is 12.7. The fourth-order valence-electron chi connectivity index (χ4n) is 3.36. The Bertz CT molecular complexity index is 1240. The highest BCUT2D eigenvalue weighted by atomic mass is 79.9. The van der Waals surface area contributed by atoms with Crippen molar-refractivity contribution in [3.05, 3.63) is 69.8 Å². The monoisotopic (exact) mass is 450 g/mol. The standard InChI is InChI=1S/C22H19BrN4O2/c1-12-20(23)13(2)27(26-12)17-8-5-14(6-9-17)21(28)24-16-7-10-19-18(11-16)25-22(29-19)15-3-4-15/h5-11,15H,3-4H2,1-2H3,(H,24,28). The molecule has 29 heavy (non-hydrogen) atoms. The fraction of sp³-hybridized carbons (Fsp3) is 0.227. The zero-order valence-corrected chi connectivity index (χ0v) is 17.7. The Morgan fingerprint density at radius 1 is 1.17 bits per heavy atom. The SMILES string of the molecule is Cc1nn(-c2ccc(C(=O)Nc3ccc4oc(C5CC5)nc4c3)cc2)c(C)c1Br. The highest BCUT2D eigenvalue weighted by molar-refractivity contribution is 9.10. The second kappa shape index (κ2) is 6.84. The minimum Gasteiger partial charge on any atom is -0.440 e. The van der Waals surface area contributed by atoms with Gasteiger partial charge in [0.05, 0.1) is 21.5 Å². The molecule has 1 aliphatic rings. The van der Waals surface area contributed by atoms with E-state index in [9.17, 15) is 4.79 Å². The summed E-state index contributed by atoms with van der Waals surface area (Å²) in [6.45, 7) is 3.95. The van der Waals surface area contributed by atoms with E-state index in [-0.39, 0.29) is 5.91 Å². The molecule has 0 saturated heterocycles. The maximum Gasteiger partial charge on any atom is 0.255 e. The summed E-state index contributed by atoms with van der Waals surface area (Å²) >= 11 is 3.54. The molecular weight excluding hydrogens is 432 g/mol. The van der Waals surface area contributed by atoms with Gasteiger partial charge in [0.25, 0.3) is 5.91 Å². The molecule has 0 bridgehead atoms. The van der Waals surface area contributed by atoms with Crippen molar-refractivity contribution in [2.24, 2.45) is 0 Å². The van der Waals surface area contributed by atoms with Crippen LogP contribution in [0.5, 0.6) is 0 Å². The molecule has 1 N–H and O–H groups in total.